The molecule has 20 heavy (non-hydrogen) atoms. The number of nitrogens with one attached hydrogen (secondary N) is 2. The van der Waals surface area contributed by atoms with Gasteiger partial charge in [-0.3, -0.25) is 10.1 Å². The Morgan fingerprint density at radius 1 is 1.35 bits per heavy atom. The van der Waals surface area contributed by atoms with Crippen molar-refractivity contribution in [2.75, 3.05) is 11.9 Å². The molecule has 6 nitrogen and oxygen atoms in total. The number of aromatic amines is 1. The molecule has 0 spiro atoms. The van der Waals surface area contributed by atoms with Gasteiger partial charge in [-0.1, -0.05) is 0 Å². The van der Waals surface area contributed by atoms with E-state index in [1.807, 2.05) is 18.2 Å². The third kappa shape index (κ3) is 3.05. The molecule has 7 heteroatoms. The molecule has 102 valence electrons. The maximum absolute atomic E-state index is 5.25. The minimum Gasteiger partial charge on any atom is -0.461 e. The zero-order chi connectivity index (χ0) is 13.8. The summed E-state index contributed by atoms with van der Waals surface area (Å²) in [5, 5.41) is 10.3. The van der Waals surface area contributed by atoms with E-state index in [1.54, 1.807) is 18.7 Å². The number of furan rings is 1. The molecule has 0 bridgehead atoms. The van der Waals surface area contributed by atoms with E-state index in [4.69, 9.17) is 4.42 Å². The fraction of sp³-hybridized carbons (Fsp3) is 0.154. The average molecular weight is 334 g/mol. The number of nitrogens with zero attached hydrogens (tertiary/aromatic N) is 3. The molecule has 3 aromatic rings. The highest BCUT2D eigenvalue weighted by molar-refractivity contribution is 9.10. The van der Waals surface area contributed by atoms with E-state index >= 15 is 0 Å². The van der Waals surface area contributed by atoms with E-state index in [-0.39, 0.29) is 0 Å². The summed E-state index contributed by atoms with van der Waals surface area (Å²) in [7, 11) is 0. The van der Waals surface area contributed by atoms with Crippen molar-refractivity contribution in [3.05, 3.63) is 47.2 Å². The fourth-order valence-electron chi connectivity index (χ4n) is 1.76. The van der Waals surface area contributed by atoms with Gasteiger partial charge in [0.05, 0.1) is 18.1 Å². The topological polar surface area (TPSA) is 79.6 Å². The van der Waals surface area contributed by atoms with Crippen LogP contribution in [0.2, 0.25) is 0 Å². The molecule has 0 amide bonds. The third-order valence-electron chi connectivity index (χ3n) is 2.67. The normalized spacial score (nSPS) is 10.7. The summed E-state index contributed by atoms with van der Waals surface area (Å²) in [6.45, 7) is 0.741. The van der Waals surface area contributed by atoms with Crippen molar-refractivity contribution >= 4 is 21.6 Å². The van der Waals surface area contributed by atoms with E-state index in [0.29, 0.717) is 11.6 Å². The Bertz CT molecular complexity index is 680. The minimum atomic E-state index is 0.578. The number of pyridine rings is 1. The maximum atomic E-state index is 5.25. The molecule has 3 rings (SSSR count). The van der Waals surface area contributed by atoms with E-state index in [9.17, 15) is 0 Å². The van der Waals surface area contributed by atoms with Gasteiger partial charge in [0.25, 0.3) is 0 Å². The van der Waals surface area contributed by atoms with Gasteiger partial charge in [0.15, 0.2) is 5.76 Å². The minimum absolute atomic E-state index is 0.578. The third-order valence-corrected chi connectivity index (χ3v) is 3.10. The van der Waals surface area contributed by atoms with Crippen LogP contribution in [0.15, 0.2) is 45.7 Å². The summed E-state index contributed by atoms with van der Waals surface area (Å²) in [5.74, 6) is 2.05. The van der Waals surface area contributed by atoms with Gasteiger partial charge in [0.2, 0.25) is 5.82 Å². The highest BCUT2D eigenvalue weighted by atomic mass is 79.9. The standard InChI is InChI=1S/C13H12BrN5O/c14-9-6-10(8-15-7-9)16-4-3-12-17-13(19-18-12)11-2-1-5-20-11/h1-2,5-8,16H,3-4H2,(H,17,18,19). The van der Waals surface area contributed by atoms with Gasteiger partial charge in [-0.15, -0.1) is 0 Å². The molecule has 2 N–H and O–H groups in total. The molecule has 0 fully saturated rings. The van der Waals surface area contributed by atoms with Crippen LogP contribution < -0.4 is 5.32 Å². The van der Waals surface area contributed by atoms with Crippen molar-refractivity contribution in [3.8, 4) is 11.6 Å². The molecule has 0 saturated carbocycles. The fourth-order valence-corrected chi connectivity index (χ4v) is 2.12. The molecule has 0 aromatic carbocycles. The monoisotopic (exact) mass is 333 g/mol. The summed E-state index contributed by atoms with van der Waals surface area (Å²) in [6, 6.07) is 5.62. The number of aromatic nitrogens is 4. The molecule has 0 radical (unpaired) electrons. The van der Waals surface area contributed by atoms with Crippen LogP contribution in [0.1, 0.15) is 5.82 Å². The number of hydrogen-bond acceptors (Lipinski definition) is 5. The lowest BCUT2D eigenvalue weighted by molar-refractivity contribution is 0.577. The molecule has 3 heterocycles. The van der Waals surface area contributed by atoms with Crippen LogP contribution in [0.5, 0.6) is 0 Å². The van der Waals surface area contributed by atoms with Crippen LogP contribution in [0.25, 0.3) is 11.6 Å². The summed E-state index contributed by atoms with van der Waals surface area (Å²) in [6.07, 6.45) is 5.87. The number of hydrogen-bond donors (Lipinski definition) is 2. The Kier molecular flexibility index (Phi) is 3.78. The Morgan fingerprint density at radius 3 is 3.10 bits per heavy atom. The molecular weight excluding hydrogens is 322 g/mol. The lowest BCUT2D eigenvalue weighted by Gasteiger charge is -2.04. The van der Waals surface area contributed by atoms with E-state index in [1.165, 1.54) is 0 Å². The van der Waals surface area contributed by atoms with Crippen molar-refractivity contribution in [1.29, 1.82) is 0 Å². The Morgan fingerprint density at radius 2 is 2.30 bits per heavy atom. The predicted molar refractivity (Wildman–Crippen MR) is 78.2 cm³/mol. The molecule has 0 atom stereocenters. The van der Waals surface area contributed by atoms with Gasteiger partial charge in [-0.2, -0.15) is 5.10 Å². The van der Waals surface area contributed by atoms with Crippen LogP contribution in [-0.2, 0) is 6.42 Å². The van der Waals surface area contributed by atoms with Crippen LogP contribution in [0, 0.1) is 0 Å². The van der Waals surface area contributed by atoms with E-state index in [0.717, 1.165) is 29.0 Å². The Balaban J connectivity index is 1.57. The van der Waals surface area contributed by atoms with Crippen molar-refractivity contribution in [3.63, 3.8) is 0 Å². The van der Waals surface area contributed by atoms with Gasteiger partial charge in [0, 0.05) is 23.6 Å². The summed E-state index contributed by atoms with van der Waals surface area (Å²) < 4.78 is 6.19. The van der Waals surface area contributed by atoms with Crippen LogP contribution in [0.3, 0.4) is 0 Å². The Hall–Kier alpha value is -2.15. The summed E-state index contributed by atoms with van der Waals surface area (Å²) in [4.78, 5) is 8.47. The zero-order valence-electron chi connectivity index (χ0n) is 10.5. The highest BCUT2D eigenvalue weighted by Crippen LogP contribution is 2.15. The average Bonchev–Trinajstić information content (AvgIpc) is 3.09. The highest BCUT2D eigenvalue weighted by Gasteiger charge is 2.07. The predicted octanol–water partition coefficient (Wildman–Crippen LogP) is 2.88. The molecule has 0 aliphatic carbocycles. The molecule has 0 unspecified atom stereocenters. The van der Waals surface area contributed by atoms with Crippen molar-refractivity contribution in [2.45, 2.75) is 6.42 Å². The molecule has 0 saturated heterocycles. The number of anilines is 1. The number of H-pyrrole nitrogens is 1. The largest absolute Gasteiger partial charge is 0.461 e. The van der Waals surface area contributed by atoms with E-state index in [2.05, 4.69) is 41.4 Å². The first kappa shape index (κ1) is 12.9. The van der Waals surface area contributed by atoms with Crippen molar-refractivity contribution in [2.24, 2.45) is 0 Å². The first-order valence-electron chi connectivity index (χ1n) is 6.11. The second-order valence-corrected chi connectivity index (χ2v) is 5.07. The van der Waals surface area contributed by atoms with Crippen LogP contribution in [-0.4, -0.2) is 26.7 Å². The molecular formula is C13H12BrN5O. The van der Waals surface area contributed by atoms with Crippen molar-refractivity contribution in [1.82, 2.24) is 20.2 Å². The lowest BCUT2D eigenvalue weighted by atomic mass is 10.3. The zero-order valence-corrected chi connectivity index (χ0v) is 12.1. The molecule has 3 aromatic heterocycles. The molecule has 0 aliphatic heterocycles. The quantitative estimate of drug-likeness (QED) is 0.750. The summed E-state index contributed by atoms with van der Waals surface area (Å²) >= 11 is 3.38. The van der Waals surface area contributed by atoms with E-state index < -0.39 is 0 Å². The second kappa shape index (κ2) is 5.87. The first-order chi connectivity index (χ1) is 9.81. The van der Waals surface area contributed by atoms with Gasteiger partial charge in [-0.25, -0.2) is 4.98 Å². The Labute approximate surface area is 123 Å². The van der Waals surface area contributed by atoms with Gasteiger partial charge < -0.3 is 9.73 Å². The smallest absolute Gasteiger partial charge is 0.216 e. The van der Waals surface area contributed by atoms with Crippen LogP contribution >= 0.6 is 15.9 Å². The SMILES string of the molecule is Brc1cncc(NCCc2nc(-c3ccco3)n[nH]2)c1. The second-order valence-electron chi connectivity index (χ2n) is 4.15. The first-order valence-corrected chi connectivity index (χ1v) is 6.90. The van der Waals surface area contributed by atoms with Gasteiger partial charge in [0.1, 0.15) is 5.82 Å². The van der Waals surface area contributed by atoms with Gasteiger partial charge >= 0.3 is 0 Å². The van der Waals surface area contributed by atoms with Crippen LogP contribution in [0.4, 0.5) is 5.69 Å². The summed E-state index contributed by atoms with van der Waals surface area (Å²) in [5.41, 5.74) is 0.963. The maximum Gasteiger partial charge on any atom is 0.216 e. The lowest BCUT2D eigenvalue weighted by Crippen LogP contribution is -2.06. The number of halogens is 1. The van der Waals surface area contributed by atoms with Crippen molar-refractivity contribution < 1.29 is 4.42 Å². The molecule has 0 aliphatic rings. The number of rotatable bonds is 5. The van der Waals surface area contributed by atoms with Gasteiger partial charge in [-0.05, 0) is 34.1 Å².